The molecule has 0 bridgehead atoms. The van der Waals surface area contributed by atoms with Crippen LogP contribution in [0, 0.1) is 0 Å². The van der Waals surface area contributed by atoms with Gasteiger partial charge in [0.2, 0.25) is 0 Å². The van der Waals surface area contributed by atoms with Crippen molar-refractivity contribution in [1.82, 2.24) is 4.90 Å². The molecule has 0 amide bonds. The zero-order valence-electron chi connectivity index (χ0n) is 8.24. The quantitative estimate of drug-likeness (QED) is 0.583. The Balaban J connectivity index is 1.74. The number of rotatable bonds is 2. The number of carbonyl (C=O) groups excluding carboxylic acids is 1. The molecule has 2 saturated heterocycles. The molecule has 0 aromatic heterocycles. The minimum Gasteiger partial charge on any atom is -0.343 e. The Morgan fingerprint density at radius 1 is 1.46 bits per heavy atom. The highest BCUT2D eigenvalue weighted by atomic mass is 16.8. The third-order valence-electron chi connectivity index (χ3n) is 2.02. The van der Waals surface area contributed by atoms with Crippen LogP contribution in [0.25, 0.3) is 0 Å². The molecule has 4 nitrogen and oxygen atoms in total. The molecule has 2 heterocycles. The summed E-state index contributed by atoms with van der Waals surface area (Å²) < 4.78 is 10.9. The number of hydrogen-bond acceptors (Lipinski definition) is 4. The van der Waals surface area contributed by atoms with Gasteiger partial charge in [0.05, 0.1) is 18.7 Å². The monoisotopic (exact) mass is 185 g/mol. The molecule has 13 heavy (non-hydrogen) atoms. The van der Waals surface area contributed by atoms with Gasteiger partial charge in [-0.2, -0.15) is 0 Å². The molecule has 0 spiro atoms. The average Bonchev–Trinajstić information content (AvgIpc) is 2.57. The third kappa shape index (κ3) is 2.07. The van der Waals surface area contributed by atoms with Gasteiger partial charge in [-0.1, -0.05) is 0 Å². The molecule has 2 unspecified atom stereocenters. The Morgan fingerprint density at radius 2 is 2.08 bits per heavy atom. The van der Waals surface area contributed by atoms with Gasteiger partial charge >= 0.3 is 0 Å². The van der Waals surface area contributed by atoms with E-state index in [9.17, 15) is 4.79 Å². The summed E-state index contributed by atoms with van der Waals surface area (Å²) in [5.74, 6) is 0.282. The molecule has 4 heteroatoms. The number of ether oxygens (including phenoxy) is 2. The maximum Gasteiger partial charge on any atom is 0.200 e. The van der Waals surface area contributed by atoms with Crippen molar-refractivity contribution in [3.05, 3.63) is 0 Å². The lowest BCUT2D eigenvalue weighted by Crippen LogP contribution is -2.49. The Kier molecular flexibility index (Phi) is 1.94. The van der Waals surface area contributed by atoms with E-state index in [2.05, 4.69) is 0 Å². The Labute approximate surface area is 77.8 Å². The molecule has 0 aromatic carbocycles. The molecule has 2 aliphatic rings. The number of epoxide rings is 1. The van der Waals surface area contributed by atoms with E-state index >= 15 is 0 Å². The molecule has 74 valence electrons. The fourth-order valence-corrected chi connectivity index (χ4v) is 1.37. The minimum absolute atomic E-state index is 0.0249. The molecule has 0 N–H and O–H groups in total. The van der Waals surface area contributed by atoms with Crippen LogP contribution in [0.1, 0.15) is 20.8 Å². The van der Waals surface area contributed by atoms with Crippen molar-refractivity contribution in [2.45, 2.75) is 38.9 Å². The Morgan fingerprint density at radius 3 is 2.54 bits per heavy atom. The molecular weight excluding hydrogens is 170 g/mol. The molecule has 0 aromatic rings. The van der Waals surface area contributed by atoms with Crippen molar-refractivity contribution >= 4 is 5.78 Å². The summed E-state index contributed by atoms with van der Waals surface area (Å²) in [4.78, 5) is 12.7. The number of carbonyl (C=O) groups is 1. The van der Waals surface area contributed by atoms with E-state index in [1.807, 2.05) is 25.7 Å². The summed E-state index contributed by atoms with van der Waals surface area (Å²) >= 11 is 0. The first-order valence-corrected chi connectivity index (χ1v) is 4.55. The number of ketones is 1. The molecule has 2 aliphatic heterocycles. The fraction of sp³-hybridized carbons (Fsp3) is 0.889. The lowest BCUT2D eigenvalue weighted by molar-refractivity contribution is -0.131. The highest BCUT2D eigenvalue weighted by molar-refractivity contribution is 5.87. The van der Waals surface area contributed by atoms with Crippen LogP contribution in [0.3, 0.4) is 0 Å². The van der Waals surface area contributed by atoms with E-state index in [1.54, 1.807) is 0 Å². The second-order valence-corrected chi connectivity index (χ2v) is 4.57. The van der Waals surface area contributed by atoms with Crippen molar-refractivity contribution < 1.29 is 14.3 Å². The predicted octanol–water partition coefficient (Wildman–Crippen LogP) is 0.369. The van der Waals surface area contributed by atoms with Gasteiger partial charge in [0.1, 0.15) is 0 Å². The van der Waals surface area contributed by atoms with E-state index in [1.165, 1.54) is 0 Å². The lowest BCUT2D eigenvalue weighted by Gasteiger charge is -2.27. The summed E-state index contributed by atoms with van der Waals surface area (Å²) in [6.07, 6.45) is -0.106. The molecule has 2 rings (SSSR count). The van der Waals surface area contributed by atoms with Crippen LogP contribution in [0.5, 0.6) is 0 Å². The Hall–Kier alpha value is -0.450. The van der Waals surface area contributed by atoms with E-state index in [4.69, 9.17) is 9.47 Å². The van der Waals surface area contributed by atoms with Gasteiger partial charge in [0.15, 0.2) is 18.3 Å². The van der Waals surface area contributed by atoms with Crippen molar-refractivity contribution in [2.75, 3.05) is 13.1 Å². The fourth-order valence-electron chi connectivity index (χ4n) is 1.37. The summed E-state index contributed by atoms with van der Waals surface area (Å²) in [7, 11) is 0. The number of Topliss-reactive ketones (excluding diaryl/α,β-unsaturated/α-hetero) is 1. The average molecular weight is 185 g/mol. The Bertz CT molecular complexity index is 226. The summed E-state index contributed by atoms with van der Waals surface area (Å²) in [6, 6.07) is 0. The molecule has 0 saturated carbocycles. The number of likely N-dealkylation sites (tertiary alicyclic amines) is 1. The van der Waals surface area contributed by atoms with Crippen molar-refractivity contribution in [2.24, 2.45) is 0 Å². The molecule has 0 radical (unpaired) electrons. The van der Waals surface area contributed by atoms with Gasteiger partial charge in [-0.25, -0.2) is 0 Å². The number of nitrogens with zero attached hydrogens (tertiary/aromatic N) is 1. The first-order chi connectivity index (χ1) is 5.96. The van der Waals surface area contributed by atoms with Crippen LogP contribution in [-0.2, 0) is 14.3 Å². The van der Waals surface area contributed by atoms with Crippen molar-refractivity contribution in [3.63, 3.8) is 0 Å². The van der Waals surface area contributed by atoms with E-state index in [0.29, 0.717) is 13.1 Å². The highest BCUT2D eigenvalue weighted by Gasteiger charge is 2.50. The zero-order chi connectivity index (χ0) is 9.64. The lowest BCUT2D eigenvalue weighted by atomic mass is 10.2. The summed E-state index contributed by atoms with van der Waals surface area (Å²) in [5.41, 5.74) is -0.172. The SMILES string of the molecule is CC(C)(C)OC1OC1N1CC(=O)C1. The van der Waals surface area contributed by atoms with E-state index in [-0.39, 0.29) is 23.9 Å². The first kappa shape index (κ1) is 9.12. The topological polar surface area (TPSA) is 42.1 Å². The molecule has 2 fully saturated rings. The smallest absolute Gasteiger partial charge is 0.200 e. The second kappa shape index (κ2) is 2.77. The second-order valence-electron chi connectivity index (χ2n) is 4.57. The largest absolute Gasteiger partial charge is 0.343 e. The van der Waals surface area contributed by atoms with Crippen molar-refractivity contribution in [1.29, 1.82) is 0 Å². The molecular formula is C9H15NO3. The first-order valence-electron chi connectivity index (χ1n) is 4.55. The minimum atomic E-state index is -0.172. The van der Waals surface area contributed by atoms with Crippen LogP contribution in [-0.4, -0.2) is 41.9 Å². The van der Waals surface area contributed by atoms with Gasteiger partial charge in [-0.05, 0) is 20.8 Å². The normalized spacial score (nSPS) is 34.5. The van der Waals surface area contributed by atoms with Crippen LogP contribution in [0.4, 0.5) is 0 Å². The summed E-state index contributed by atoms with van der Waals surface area (Å²) in [5, 5.41) is 0. The molecule has 2 atom stereocenters. The van der Waals surface area contributed by atoms with Gasteiger partial charge < -0.3 is 9.47 Å². The van der Waals surface area contributed by atoms with Crippen LogP contribution in [0.2, 0.25) is 0 Å². The van der Waals surface area contributed by atoms with Crippen LogP contribution in [0.15, 0.2) is 0 Å². The summed E-state index contributed by atoms with van der Waals surface area (Å²) in [6.45, 7) is 7.02. The van der Waals surface area contributed by atoms with Gasteiger partial charge in [-0.3, -0.25) is 9.69 Å². The van der Waals surface area contributed by atoms with Gasteiger partial charge in [-0.15, -0.1) is 0 Å². The van der Waals surface area contributed by atoms with Crippen LogP contribution >= 0.6 is 0 Å². The standard InChI is InChI=1S/C9H15NO3/c1-9(2,3)13-8-7(12-8)10-4-6(11)5-10/h7-8H,4-5H2,1-3H3. The maximum atomic E-state index is 10.7. The van der Waals surface area contributed by atoms with Gasteiger partial charge in [0.25, 0.3) is 0 Å². The van der Waals surface area contributed by atoms with Crippen molar-refractivity contribution in [3.8, 4) is 0 Å². The molecule has 0 aliphatic carbocycles. The third-order valence-corrected chi connectivity index (χ3v) is 2.02. The highest BCUT2D eigenvalue weighted by Crippen LogP contribution is 2.32. The van der Waals surface area contributed by atoms with E-state index < -0.39 is 0 Å². The predicted molar refractivity (Wildman–Crippen MR) is 46.1 cm³/mol. The van der Waals surface area contributed by atoms with Gasteiger partial charge in [0, 0.05) is 0 Å². The number of hydrogen-bond donors (Lipinski definition) is 0. The van der Waals surface area contributed by atoms with E-state index in [0.717, 1.165) is 0 Å². The maximum absolute atomic E-state index is 10.7. The zero-order valence-corrected chi connectivity index (χ0v) is 8.24. The van der Waals surface area contributed by atoms with Crippen LogP contribution < -0.4 is 0 Å².